The molecule has 3 aromatic carbocycles. The van der Waals surface area contributed by atoms with Gasteiger partial charge in [-0.25, -0.2) is 9.59 Å². The number of hydrogen-bond donors (Lipinski definition) is 2. The molecule has 0 bridgehead atoms. The van der Waals surface area contributed by atoms with Gasteiger partial charge in [-0.15, -0.1) is 11.8 Å². The second-order valence-electron chi connectivity index (χ2n) is 12.2. The molecular weight excluding hydrogens is 637 g/mol. The Bertz CT molecular complexity index is 1620. The maximum atomic E-state index is 13.8. The van der Waals surface area contributed by atoms with Gasteiger partial charge in [-0.1, -0.05) is 60.7 Å². The van der Waals surface area contributed by atoms with Crippen LogP contribution in [-0.2, 0) is 30.5 Å². The molecule has 11 heteroatoms. The summed E-state index contributed by atoms with van der Waals surface area (Å²) < 4.78 is 16.4. The number of thioether (sulfide) groups is 2. The lowest BCUT2D eigenvalue weighted by molar-refractivity contribution is -0.144. The van der Waals surface area contributed by atoms with Crippen LogP contribution in [0.25, 0.3) is 0 Å². The van der Waals surface area contributed by atoms with Crippen molar-refractivity contribution in [2.45, 2.75) is 55.2 Å². The first-order valence-electron chi connectivity index (χ1n) is 15.2. The monoisotopic (exact) mass is 674 g/mol. The van der Waals surface area contributed by atoms with Crippen LogP contribution in [0.15, 0.2) is 101 Å². The summed E-state index contributed by atoms with van der Waals surface area (Å²) in [7, 11) is 1.58. The van der Waals surface area contributed by atoms with E-state index in [1.165, 1.54) is 11.8 Å². The van der Waals surface area contributed by atoms with Crippen molar-refractivity contribution in [2.24, 2.45) is 5.92 Å². The number of ether oxygens (including phenoxy) is 3. The molecule has 0 spiro atoms. The van der Waals surface area contributed by atoms with Gasteiger partial charge in [0.05, 0.1) is 13.0 Å². The van der Waals surface area contributed by atoms with Crippen LogP contribution in [0.3, 0.4) is 0 Å². The van der Waals surface area contributed by atoms with Gasteiger partial charge >= 0.3 is 12.1 Å². The number of carbonyl (C=O) groups excluding carboxylic acids is 4. The van der Waals surface area contributed by atoms with Crippen LogP contribution >= 0.6 is 23.5 Å². The fourth-order valence-corrected chi connectivity index (χ4v) is 7.96. The van der Waals surface area contributed by atoms with Gasteiger partial charge in [-0.2, -0.15) is 11.8 Å². The second kappa shape index (κ2) is 15.1. The SMILES string of the molecule is COc1ccc(COC(=O)C2=C(CSc3ccccc3)CSC3C2C(=O)[C@H]3NC(=O)[C@H](NC(=O)OC(C)(C)C)c2ccccc2)cc1. The van der Waals surface area contributed by atoms with E-state index in [1.807, 2.05) is 42.5 Å². The number of ketones is 1. The Kier molecular flexibility index (Phi) is 11.0. The number of esters is 1. The molecule has 5 rings (SSSR count). The number of hydrogen-bond acceptors (Lipinski definition) is 9. The lowest BCUT2D eigenvalue weighted by Crippen LogP contribution is -2.66. The predicted molar refractivity (Wildman–Crippen MR) is 182 cm³/mol. The quantitative estimate of drug-likeness (QED) is 0.190. The van der Waals surface area contributed by atoms with Crippen molar-refractivity contribution in [3.63, 3.8) is 0 Å². The third-order valence-corrected chi connectivity index (χ3v) is 10.2. The summed E-state index contributed by atoms with van der Waals surface area (Å²) in [5, 5.41) is 5.15. The highest BCUT2D eigenvalue weighted by molar-refractivity contribution is 8.01. The Balaban J connectivity index is 1.33. The Morgan fingerprint density at radius 3 is 2.26 bits per heavy atom. The highest BCUT2D eigenvalue weighted by atomic mass is 32.2. The molecule has 2 aliphatic rings. The molecule has 246 valence electrons. The number of rotatable bonds is 11. The topological polar surface area (TPSA) is 120 Å². The zero-order valence-corrected chi connectivity index (χ0v) is 28.3. The lowest BCUT2D eigenvalue weighted by Gasteiger charge is -2.46. The average Bonchev–Trinajstić information content (AvgIpc) is 3.07. The summed E-state index contributed by atoms with van der Waals surface area (Å²) in [6, 6.07) is 23.9. The lowest BCUT2D eigenvalue weighted by atomic mass is 9.71. The molecule has 2 unspecified atom stereocenters. The Morgan fingerprint density at radius 2 is 1.62 bits per heavy atom. The van der Waals surface area contributed by atoms with E-state index in [9.17, 15) is 19.2 Å². The van der Waals surface area contributed by atoms with E-state index in [0.29, 0.717) is 28.4 Å². The van der Waals surface area contributed by atoms with E-state index in [0.717, 1.165) is 16.0 Å². The van der Waals surface area contributed by atoms with Gasteiger partial charge < -0.3 is 24.8 Å². The van der Waals surface area contributed by atoms with Gasteiger partial charge in [0.25, 0.3) is 0 Å². The zero-order chi connectivity index (χ0) is 33.6. The minimum atomic E-state index is -1.09. The summed E-state index contributed by atoms with van der Waals surface area (Å²) in [6.07, 6.45) is -0.753. The maximum absolute atomic E-state index is 13.8. The predicted octanol–water partition coefficient (Wildman–Crippen LogP) is 5.89. The molecule has 47 heavy (non-hydrogen) atoms. The van der Waals surface area contributed by atoms with E-state index in [2.05, 4.69) is 10.6 Å². The number of amides is 2. The Labute approximate surface area is 283 Å². The molecule has 0 radical (unpaired) electrons. The summed E-state index contributed by atoms with van der Waals surface area (Å²) in [6.45, 7) is 5.24. The Morgan fingerprint density at radius 1 is 0.957 bits per heavy atom. The number of benzene rings is 3. The number of Topliss-reactive ketones (excluding diaryl/α,β-unsaturated/α-hetero) is 1. The number of methoxy groups -OCH3 is 1. The van der Waals surface area contributed by atoms with Crippen LogP contribution in [0.2, 0.25) is 0 Å². The van der Waals surface area contributed by atoms with Gasteiger partial charge in [-0.3, -0.25) is 9.59 Å². The van der Waals surface area contributed by atoms with Gasteiger partial charge in [0.1, 0.15) is 30.0 Å². The van der Waals surface area contributed by atoms with Crippen LogP contribution in [0.4, 0.5) is 4.79 Å². The zero-order valence-electron chi connectivity index (χ0n) is 26.7. The van der Waals surface area contributed by atoms with E-state index < -0.39 is 41.6 Å². The summed E-state index contributed by atoms with van der Waals surface area (Å²) >= 11 is 3.13. The second-order valence-corrected chi connectivity index (χ2v) is 14.4. The van der Waals surface area contributed by atoms with Crippen molar-refractivity contribution >= 4 is 47.3 Å². The first-order valence-corrected chi connectivity index (χ1v) is 17.3. The highest BCUT2D eigenvalue weighted by Gasteiger charge is 2.56. The molecule has 1 heterocycles. The number of fused-ring (bicyclic) bond motifs is 1. The molecule has 9 nitrogen and oxygen atoms in total. The van der Waals surface area contributed by atoms with Crippen LogP contribution in [0.5, 0.6) is 5.75 Å². The van der Waals surface area contributed by atoms with Crippen molar-refractivity contribution in [1.29, 1.82) is 0 Å². The van der Waals surface area contributed by atoms with Crippen molar-refractivity contribution in [3.05, 3.63) is 107 Å². The fraction of sp³-hybridized carbons (Fsp3) is 0.333. The third kappa shape index (κ3) is 8.58. The molecular formula is C36H38N2O7S2. The molecule has 2 amide bonds. The number of nitrogens with one attached hydrogen (secondary N) is 2. The molecule has 3 aromatic rings. The highest BCUT2D eigenvalue weighted by Crippen LogP contribution is 2.47. The van der Waals surface area contributed by atoms with Crippen molar-refractivity contribution in [2.75, 3.05) is 18.6 Å². The molecule has 0 aromatic heterocycles. The minimum absolute atomic E-state index is 0.0411. The maximum Gasteiger partial charge on any atom is 0.408 e. The minimum Gasteiger partial charge on any atom is -0.497 e. The third-order valence-electron chi connectivity index (χ3n) is 7.67. The normalized spacial score (nSPS) is 19.5. The molecule has 1 aliphatic carbocycles. The van der Waals surface area contributed by atoms with Gasteiger partial charge in [0, 0.05) is 27.2 Å². The van der Waals surface area contributed by atoms with Gasteiger partial charge in [0.2, 0.25) is 5.91 Å². The summed E-state index contributed by atoms with van der Waals surface area (Å²) in [4.78, 5) is 54.8. The first-order chi connectivity index (χ1) is 22.5. The van der Waals surface area contributed by atoms with E-state index in [-0.39, 0.29) is 17.6 Å². The smallest absolute Gasteiger partial charge is 0.408 e. The first kappa shape index (κ1) is 34.1. The van der Waals surface area contributed by atoms with E-state index in [4.69, 9.17) is 14.2 Å². The molecule has 1 fully saturated rings. The van der Waals surface area contributed by atoms with Gasteiger partial charge in [-0.05, 0) is 61.7 Å². The molecule has 1 aliphatic heterocycles. The van der Waals surface area contributed by atoms with Crippen LogP contribution in [0, 0.1) is 5.92 Å². The standard InChI is InChI=1S/C36H38N2O7S2/c1-36(2,3)45-35(42)38-29(23-11-7-5-8-12-23)33(40)37-30-31(39)28-27(34(41)44-19-22-15-17-25(43-4)18-16-22)24(21-47-32(28)30)20-46-26-13-9-6-10-14-26/h5-18,28-30,32H,19-21H2,1-4H3,(H,37,40)(H,38,42)/t28?,29-,30-,32?/m1/s1. The number of carbonyl (C=O) groups is 4. The molecule has 2 N–H and O–H groups in total. The van der Waals surface area contributed by atoms with E-state index in [1.54, 1.807) is 82.1 Å². The number of alkyl carbamates (subject to hydrolysis) is 1. The molecule has 4 atom stereocenters. The molecule has 1 saturated carbocycles. The summed E-state index contributed by atoms with van der Waals surface area (Å²) in [5.41, 5.74) is 1.78. The largest absolute Gasteiger partial charge is 0.497 e. The van der Waals surface area contributed by atoms with E-state index >= 15 is 0 Å². The van der Waals surface area contributed by atoms with Crippen molar-refractivity contribution < 1.29 is 33.4 Å². The van der Waals surface area contributed by atoms with Crippen molar-refractivity contribution in [1.82, 2.24) is 10.6 Å². The molecule has 0 saturated heterocycles. The van der Waals surface area contributed by atoms with Crippen LogP contribution in [0.1, 0.15) is 37.9 Å². The fourth-order valence-electron chi connectivity index (χ4n) is 5.37. The van der Waals surface area contributed by atoms with Crippen LogP contribution < -0.4 is 15.4 Å². The summed E-state index contributed by atoms with van der Waals surface area (Å²) in [5.74, 6) is -0.344. The van der Waals surface area contributed by atoms with Crippen molar-refractivity contribution in [3.8, 4) is 5.75 Å². The van der Waals surface area contributed by atoms with Crippen LogP contribution in [-0.4, -0.2) is 59.3 Å². The van der Waals surface area contributed by atoms with Gasteiger partial charge in [0.15, 0.2) is 5.78 Å². The Hall–Kier alpha value is -4.22. The average molecular weight is 675 g/mol.